The molecule has 0 saturated heterocycles. The second kappa shape index (κ2) is 6.75. The summed E-state index contributed by atoms with van der Waals surface area (Å²) in [5.74, 6) is -0.514. The maximum atomic E-state index is 13.5. The third-order valence-electron chi connectivity index (χ3n) is 3.91. The van der Waals surface area contributed by atoms with Crippen molar-refractivity contribution < 1.29 is 12.8 Å². The maximum Gasteiger partial charge on any atom is 0.212 e. The van der Waals surface area contributed by atoms with Crippen LogP contribution in [0.15, 0.2) is 48.5 Å². The lowest BCUT2D eigenvalue weighted by Gasteiger charge is -2.08. The molecule has 3 rings (SSSR count). The van der Waals surface area contributed by atoms with Gasteiger partial charge >= 0.3 is 0 Å². The lowest BCUT2D eigenvalue weighted by atomic mass is 10.1. The summed E-state index contributed by atoms with van der Waals surface area (Å²) in [5.41, 5.74) is 3.38. The monoisotopic (exact) mass is 346 g/mol. The lowest BCUT2D eigenvalue weighted by Crippen LogP contribution is -2.27. The van der Waals surface area contributed by atoms with Gasteiger partial charge in [-0.2, -0.15) is 0 Å². The van der Waals surface area contributed by atoms with E-state index in [0.29, 0.717) is 5.56 Å². The summed E-state index contributed by atoms with van der Waals surface area (Å²) in [7, 11) is -3.47. The van der Waals surface area contributed by atoms with Crippen LogP contribution in [0.3, 0.4) is 0 Å². The number of nitrogens with one attached hydrogen (secondary N) is 2. The molecule has 6 heteroatoms. The van der Waals surface area contributed by atoms with Gasteiger partial charge in [-0.3, -0.25) is 0 Å². The second-order valence-electron chi connectivity index (χ2n) is 5.86. The molecule has 0 aliphatic heterocycles. The summed E-state index contributed by atoms with van der Waals surface area (Å²) >= 11 is 0. The molecule has 0 amide bonds. The van der Waals surface area contributed by atoms with Crippen LogP contribution in [-0.2, 0) is 23.0 Å². The maximum absolute atomic E-state index is 13.5. The van der Waals surface area contributed by atoms with Crippen molar-refractivity contribution >= 4 is 20.9 Å². The zero-order chi connectivity index (χ0) is 17.2. The summed E-state index contributed by atoms with van der Waals surface area (Å²) in [6.45, 7) is 2.20. The Morgan fingerprint density at radius 1 is 1.12 bits per heavy atom. The molecule has 3 aromatic rings. The van der Waals surface area contributed by atoms with E-state index in [1.807, 2.05) is 31.2 Å². The van der Waals surface area contributed by atoms with E-state index in [4.69, 9.17) is 0 Å². The van der Waals surface area contributed by atoms with Crippen LogP contribution in [0.1, 0.15) is 16.8 Å². The number of fused-ring (bicyclic) bond motifs is 1. The minimum absolute atomic E-state index is 0.139. The van der Waals surface area contributed by atoms with Crippen LogP contribution in [0.25, 0.3) is 10.9 Å². The van der Waals surface area contributed by atoms with Gasteiger partial charge in [0.25, 0.3) is 0 Å². The zero-order valence-electron chi connectivity index (χ0n) is 13.3. The fourth-order valence-electron chi connectivity index (χ4n) is 2.65. The molecule has 0 aliphatic rings. The molecule has 0 atom stereocenters. The normalized spacial score (nSPS) is 11.9. The molecule has 126 valence electrons. The van der Waals surface area contributed by atoms with Crippen molar-refractivity contribution in [2.75, 3.05) is 5.75 Å². The molecule has 0 saturated carbocycles. The minimum atomic E-state index is -3.47. The summed E-state index contributed by atoms with van der Waals surface area (Å²) in [6, 6.07) is 14.0. The van der Waals surface area contributed by atoms with Crippen molar-refractivity contribution in [1.29, 1.82) is 0 Å². The quantitative estimate of drug-likeness (QED) is 0.719. The first-order valence-electron chi connectivity index (χ1n) is 7.72. The Hall–Kier alpha value is -2.18. The van der Waals surface area contributed by atoms with Crippen molar-refractivity contribution in [3.8, 4) is 0 Å². The van der Waals surface area contributed by atoms with Gasteiger partial charge in [-0.05, 0) is 54.1 Å². The molecule has 0 aliphatic carbocycles. The molecule has 24 heavy (non-hydrogen) atoms. The van der Waals surface area contributed by atoms with Gasteiger partial charge in [0.15, 0.2) is 0 Å². The number of aromatic amines is 1. The fourth-order valence-corrected chi connectivity index (χ4v) is 3.67. The number of benzene rings is 2. The second-order valence-corrected chi connectivity index (χ2v) is 7.78. The van der Waals surface area contributed by atoms with Crippen LogP contribution in [0.5, 0.6) is 0 Å². The van der Waals surface area contributed by atoms with Gasteiger partial charge in [0, 0.05) is 17.8 Å². The van der Waals surface area contributed by atoms with Gasteiger partial charge in [-0.1, -0.05) is 24.3 Å². The van der Waals surface area contributed by atoms with Crippen LogP contribution < -0.4 is 4.72 Å². The van der Waals surface area contributed by atoms with Crippen LogP contribution in [0.4, 0.5) is 4.39 Å². The molecule has 0 bridgehead atoms. The van der Waals surface area contributed by atoms with Crippen molar-refractivity contribution in [3.63, 3.8) is 0 Å². The zero-order valence-corrected chi connectivity index (χ0v) is 14.2. The number of aromatic nitrogens is 1. The predicted molar refractivity (Wildman–Crippen MR) is 93.8 cm³/mol. The highest BCUT2D eigenvalue weighted by Gasteiger charge is 2.12. The summed E-state index contributed by atoms with van der Waals surface area (Å²) in [6.07, 6.45) is 0.151. The smallest absolute Gasteiger partial charge is 0.212 e. The van der Waals surface area contributed by atoms with Crippen LogP contribution >= 0.6 is 0 Å². The van der Waals surface area contributed by atoms with Crippen LogP contribution in [0, 0.1) is 12.7 Å². The first kappa shape index (κ1) is 16.7. The molecule has 0 fully saturated rings. The van der Waals surface area contributed by atoms with Gasteiger partial charge in [0.1, 0.15) is 5.82 Å². The molecule has 2 aromatic carbocycles. The van der Waals surface area contributed by atoms with E-state index in [-0.39, 0.29) is 24.5 Å². The molecular formula is C18H19FN2O2S. The highest BCUT2D eigenvalue weighted by atomic mass is 32.2. The molecule has 0 unspecified atom stereocenters. The van der Waals surface area contributed by atoms with E-state index < -0.39 is 10.0 Å². The Kier molecular flexibility index (Phi) is 4.69. The molecule has 4 nitrogen and oxygen atoms in total. The number of hydrogen-bond acceptors (Lipinski definition) is 2. The number of aryl methyl sites for hydroxylation is 2. The van der Waals surface area contributed by atoms with Crippen molar-refractivity contribution in [1.82, 2.24) is 9.71 Å². The molecule has 1 heterocycles. The molecule has 0 radical (unpaired) electrons. The fraction of sp³-hybridized carbons (Fsp3) is 0.222. The lowest BCUT2D eigenvalue weighted by molar-refractivity contribution is 0.578. The largest absolute Gasteiger partial charge is 0.359 e. The van der Waals surface area contributed by atoms with Crippen molar-refractivity contribution in [2.45, 2.75) is 19.9 Å². The molecule has 0 spiro atoms. The number of hydrogen-bond donors (Lipinski definition) is 2. The SMILES string of the molecule is Cc1cc2cc(CNS(=O)(=O)CCc3ccccc3F)ccc2[nH]1. The van der Waals surface area contributed by atoms with Crippen molar-refractivity contribution in [3.05, 3.63) is 71.2 Å². The number of halogens is 1. The van der Waals surface area contributed by atoms with E-state index in [1.165, 1.54) is 6.07 Å². The molecule has 2 N–H and O–H groups in total. The van der Waals surface area contributed by atoms with Gasteiger partial charge < -0.3 is 4.98 Å². The minimum Gasteiger partial charge on any atom is -0.359 e. The van der Waals surface area contributed by atoms with Gasteiger partial charge in [-0.15, -0.1) is 0 Å². The van der Waals surface area contributed by atoms with E-state index in [9.17, 15) is 12.8 Å². The highest BCUT2D eigenvalue weighted by molar-refractivity contribution is 7.89. The highest BCUT2D eigenvalue weighted by Crippen LogP contribution is 2.17. The van der Waals surface area contributed by atoms with E-state index >= 15 is 0 Å². The van der Waals surface area contributed by atoms with Crippen LogP contribution in [-0.4, -0.2) is 19.2 Å². The summed E-state index contributed by atoms with van der Waals surface area (Å²) in [5, 5.41) is 1.05. The predicted octanol–water partition coefficient (Wildman–Crippen LogP) is 3.28. The molecule has 1 aromatic heterocycles. The Morgan fingerprint density at radius 2 is 1.92 bits per heavy atom. The third-order valence-corrected chi connectivity index (χ3v) is 5.24. The average Bonchev–Trinajstić information content (AvgIpc) is 2.91. The van der Waals surface area contributed by atoms with Crippen molar-refractivity contribution in [2.24, 2.45) is 0 Å². The Labute approximate surface area is 140 Å². The Morgan fingerprint density at radius 3 is 2.71 bits per heavy atom. The van der Waals surface area contributed by atoms with E-state index in [1.54, 1.807) is 18.2 Å². The Bertz CT molecular complexity index is 964. The molecular weight excluding hydrogens is 327 g/mol. The van der Waals surface area contributed by atoms with Gasteiger partial charge in [-0.25, -0.2) is 17.5 Å². The number of rotatable bonds is 6. The van der Waals surface area contributed by atoms with E-state index in [0.717, 1.165) is 22.2 Å². The first-order chi connectivity index (χ1) is 11.4. The third kappa shape index (κ3) is 4.01. The van der Waals surface area contributed by atoms with Crippen LogP contribution in [0.2, 0.25) is 0 Å². The Balaban J connectivity index is 1.62. The summed E-state index contributed by atoms with van der Waals surface area (Å²) in [4.78, 5) is 3.23. The standard InChI is InChI=1S/C18H19FN2O2S/c1-13-10-16-11-14(6-7-18(16)21-13)12-20-24(22,23)9-8-15-4-2-3-5-17(15)19/h2-7,10-11,20-21H,8-9,12H2,1H3. The number of sulfonamides is 1. The average molecular weight is 346 g/mol. The first-order valence-corrected chi connectivity index (χ1v) is 9.37. The topological polar surface area (TPSA) is 62.0 Å². The van der Waals surface area contributed by atoms with E-state index in [2.05, 4.69) is 9.71 Å². The van der Waals surface area contributed by atoms with Gasteiger partial charge in [0.05, 0.1) is 5.75 Å². The van der Waals surface area contributed by atoms with Gasteiger partial charge in [0.2, 0.25) is 10.0 Å². The number of H-pyrrole nitrogens is 1. The summed E-state index contributed by atoms with van der Waals surface area (Å²) < 4.78 is 40.4.